The third-order valence-corrected chi connectivity index (χ3v) is 4.23. The Morgan fingerprint density at radius 3 is 2.46 bits per heavy atom. The fraction of sp³-hybridized carbons (Fsp3) is 0.333. The number of ether oxygens (including phenoxy) is 1. The molecule has 1 aliphatic heterocycles. The summed E-state index contributed by atoms with van der Waals surface area (Å²) >= 11 is 0. The maximum atomic E-state index is 12.3. The molecule has 26 heavy (non-hydrogen) atoms. The van der Waals surface area contributed by atoms with E-state index in [0.717, 1.165) is 5.56 Å². The van der Waals surface area contributed by atoms with E-state index in [1.54, 1.807) is 30.5 Å². The van der Waals surface area contributed by atoms with E-state index in [4.69, 9.17) is 4.74 Å². The van der Waals surface area contributed by atoms with Gasteiger partial charge in [-0.15, -0.1) is 0 Å². The van der Waals surface area contributed by atoms with E-state index in [9.17, 15) is 9.59 Å². The van der Waals surface area contributed by atoms with Crippen molar-refractivity contribution in [3.05, 3.63) is 48.3 Å². The normalized spacial score (nSPS) is 14.0. The summed E-state index contributed by atoms with van der Waals surface area (Å²) in [6.45, 7) is 2.34. The average molecular weight is 355 g/mol. The van der Waals surface area contributed by atoms with Crippen LogP contribution in [0.4, 0.5) is 5.95 Å². The molecule has 1 aromatic carbocycles. The topological polar surface area (TPSA) is 87.7 Å². The molecular formula is C18H21N5O3. The molecule has 0 saturated carbocycles. The molecule has 2 amide bonds. The number of carbonyl (C=O) groups excluding carboxylic acids is 2. The first kappa shape index (κ1) is 17.7. The van der Waals surface area contributed by atoms with E-state index in [0.29, 0.717) is 37.9 Å². The minimum Gasteiger partial charge on any atom is -0.496 e. The highest BCUT2D eigenvalue weighted by Crippen LogP contribution is 2.16. The molecule has 8 nitrogen and oxygen atoms in total. The fourth-order valence-corrected chi connectivity index (χ4v) is 2.81. The van der Waals surface area contributed by atoms with Crippen LogP contribution in [0, 0.1) is 0 Å². The molecule has 1 aromatic heterocycles. The summed E-state index contributed by atoms with van der Waals surface area (Å²) in [6.07, 6.45) is 3.37. The van der Waals surface area contributed by atoms with Gasteiger partial charge in [-0.05, 0) is 12.1 Å². The number of rotatable bonds is 4. The molecular weight excluding hydrogens is 334 g/mol. The molecule has 1 aliphatic rings. The lowest BCUT2D eigenvalue weighted by Gasteiger charge is -2.34. The maximum Gasteiger partial charge on any atom is 0.312 e. The van der Waals surface area contributed by atoms with Crippen LogP contribution >= 0.6 is 0 Å². The van der Waals surface area contributed by atoms with E-state index in [1.165, 1.54) is 0 Å². The number of para-hydroxylation sites is 1. The van der Waals surface area contributed by atoms with E-state index >= 15 is 0 Å². The average Bonchev–Trinajstić information content (AvgIpc) is 2.72. The van der Waals surface area contributed by atoms with Gasteiger partial charge in [0.05, 0.1) is 7.11 Å². The van der Waals surface area contributed by atoms with Gasteiger partial charge in [0.15, 0.2) is 0 Å². The molecule has 0 atom stereocenters. The van der Waals surface area contributed by atoms with E-state index < -0.39 is 11.8 Å². The van der Waals surface area contributed by atoms with Crippen molar-refractivity contribution in [3.8, 4) is 5.75 Å². The highest BCUT2D eigenvalue weighted by atomic mass is 16.5. The van der Waals surface area contributed by atoms with Crippen LogP contribution in [-0.4, -0.2) is 60.0 Å². The smallest absolute Gasteiger partial charge is 0.312 e. The van der Waals surface area contributed by atoms with Crippen molar-refractivity contribution in [2.24, 2.45) is 0 Å². The van der Waals surface area contributed by atoms with E-state index in [2.05, 4.69) is 15.3 Å². The molecule has 1 saturated heterocycles. The third kappa shape index (κ3) is 4.08. The van der Waals surface area contributed by atoms with Crippen molar-refractivity contribution in [2.45, 2.75) is 6.54 Å². The molecule has 0 bridgehead atoms. The molecule has 136 valence electrons. The van der Waals surface area contributed by atoms with Crippen LogP contribution in [0.2, 0.25) is 0 Å². The highest BCUT2D eigenvalue weighted by molar-refractivity contribution is 6.35. The number of anilines is 1. The number of hydrogen-bond donors (Lipinski definition) is 1. The second-order valence-electron chi connectivity index (χ2n) is 5.82. The highest BCUT2D eigenvalue weighted by Gasteiger charge is 2.26. The number of benzene rings is 1. The molecule has 3 rings (SSSR count). The van der Waals surface area contributed by atoms with Crippen molar-refractivity contribution < 1.29 is 14.3 Å². The summed E-state index contributed by atoms with van der Waals surface area (Å²) in [4.78, 5) is 36.5. The zero-order chi connectivity index (χ0) is 18.4. The largest absolute Gasteiger partial charge is 0.496 e. The van der Waals surface area contributed by atoms with Crippen molar-refractivity contribution in [3.63, 3.8) is 0 Å². The Morgan fingerprint density at radius 1 is 1.08 bits per heavy atom. The Bertz CT molecular complexity index is 760. The van der Waals surface area contributed by atoms with Gasteiger partial charge in [-0.3, -0.25) is 9.59 Å². The van der Waals surface area contributed by atoms with Crippen molar-refractivity contribution in [1.29, 1.82) is 0 Å². The summed E-state index contributed by atoms with van der Waals surface area (Å²) in [5, 5.41) is 2.67. The number of aromatic nitrogens is 2. The predicted octanol–water partition coefficient (Wildman–Crippen LogP) is 0.450. The molecule has 2 heterocycles. The third-order valence-electron chi connectivity index (χ3n) is 4.23. The second-order valence-corrected chi connectivity index (χ2v) is 5.82. The number of nitrogens with zero attached hydrogens (tertiary/aromatic N) is 4. The lowest BCUT2D eigenvalue weighted by Crippen LogP contribution is -2.52. The van der Waals surface area contributed by atoms with Gasteiger partial charge >= 0.3 is 11.8 Å². The quantitative estimate of drug-likeness (QED) is 0.802. The monoisotopic (exact) mass is 355 g/mol. The Morgan fingerprint density at radius 2 is 1.77 bits per heavy atom. The molecule has 0 aliphatic carbocycles. The van der Waals surface area contributed by atoms with Gasteiger partial charge in [-0.25, -0.2) is 9.97 Å². The van der Waals surface area contributed by atoms with Gasteiger partial charge in [-0.2, -0.15) is 0 Å². The minimum absolute atomic E-state index is 0.242. The van der Waals surface area contributed by atoms with Gasteiger partial charge < -0.3 is 19.9 Å². The Balaban J connectivity index is 1.51. The molecule has 1 fully saturated rings. The van der Waals surface area contributed by atoms with Gasteiger partial charge in [-0.1, -0.05) is 18.2 Å². The van der Waals surface area contributed by atoms with Crippen molar-refractivity contribution >= 4 is 17.8 Å². The molecule has 8 heteroatoms. The first-order chi connectivity index (χ1) is 12.7. The Kier molecular flexibility index (Phi) is 5.62. The predicted molar refractivity (Wildman–Crippen MR) is 95.7 cm³/mol. The van der Waals surface area contributed by atoms with E-state index in [1.807, 2.05) is 29.2 Å². The molecule has 2 aromatic rings. The van der Waals surface area contributed by atoms with Crippen LogP contribution in [0.15, 0.2) is 42.7 Å². The van der Waals surface area contributed by atoms with Gasteiger partial charge in [0.25, 0.3) is 0 Å². The van der Waals surface area contributed by atoms with Crippen LogP contribution < -0.4 is 15.0 Å². The number of amides is 2. The standard InChI is InChI=1S/C18H21N5O3/c1-26-15-6-3-2-5-14(15)13-21-16(24)17(25)22-9-11-23(12-10-22)18-19-7-4-8-20-18/h2-8H,9-13H2,1H3,(H,21,24). The number of nitrogens with one attached hydrogen (secondary N) is 1. The molecule has 0 unspecified atom stereocenters. The van der Waals surface area contributed by atoms with Crippen molar-refractivity contribution in [2.75, 3.05) is 38.2 Å². The van der Waals surface area contributed by atoms with Crippen molar-refractivity contribution in [1.82, 2.24) is 20.2 Å². The molecule has 1 N–H and O–H groups in total. The number of hydrogen-bond acceptors (Lipinski definition) is 6. The summed E-state index contributed by atoms with van der Waals surface area (Å²) < 4.78 is 5.24. The van der Waals surface area contributed by atoms with Crippen LogP contribution in [-0.2, 0) is 16.1 Å². The summed E-state index contributed by atoms with van der Waals surface area (Å²) in [5.74, 6) is 0.186. The Hall–Kier alpha value is -3.16. The zero-order valence-electron chi connectivity index (χ0n) is 14.6. The maximum absolute atomic E-state index is 12.3. The van der Waals surface area contributed by atoms with Gasteiger partial charge in [0.2, 0.25) is 5.95 Å². The van der Waals surface area contributed by atoms with Crippen LogP contribution in [0.5, 0.6) is 5.75 Å². The second kappa shape index (κ2) is 8.28. The lowest BCUT2D eigenvalue weighted by molar-refractivity contribution is -0.146. The first-order valence-corrected chi connectivity index (χ1v) is 8.40. The first-order valence-electron chi connectivity index (χ1n) is 8.40. The lowest BCUT2D eigenvalue weighted by atomic mass is 10.2. The fourth-order valence-electron chi connectivity index (χ4n) is 2.81. The summed E-state index contributed by atoms with van der Waals surface area (Å²) in [7, 11) is 1.57. The van der Waals surface area contributed by atoms with Crippen LogP contribution in [0.1, 0.15) is 5.56 Å². The Labute approximate surface area is 151 Å². The zero-order valence-corrected chi connectivity index (χ0v) is 14.6. The number of methoxy groups -OCH3 is 1. The minimum atomic E-state index is -0.611. The number of piperazine rings is 1. The number of carbonyl (C=O) groups is 2. The molecule has 0 radical (unpaired) electrons. The SMILES string of the molecule is COc1ccccc1CNC(=O)C(=O)N1CCN(c2ncccn2)CC1. The van der Waals surface area contributed by atoms with Gasteiger partial charge in [0.1, 0.15) is 5.75 Å². The summed E-state index contributed by atoms with van der Waals surface area (Å²) in [5.41, 5.74) is 0.821. The molecule has 0 spiro atoms. The van der Waals surface area contributed by atoms with E-state index in [-0.39, 0.29) is 6.54 Å². The summed E-state index contributed by atoms with van der Waals surface area (Å²) in [6, 6.07) is 9.13. The van der Waals surface area contributed by atoms with Crippen LogP contribution in [0.25, 0.3) is 0 Å². The van der Waals surface area contributed by atoms with Gasteiger partial charge in [0, 0.05) is 50.7 Å². The van der Waals surface area contributed by atoms with Crippen LogP contribution in [0.3, 0.4) is 0 Å².